The van der Waals surface area contributed by atoms with E-state index in [0.29, 0.717) is 0 Å². The van der Waals surface area contributed by atoms with Gasteiger partial charge in [-0.3, -0.25) is 26.1 Å². The van der Waals surface area contributed by atoms with E-state index in [0.717, 1.165) is 11.5 Å². The van der Waals surface area contributed by atoms with Crippen molar-refractivity contribution < 1.29 is 9.72 Å². The van der Waals surface area contributed by atoms with Gasteiger partial charge in [-0.05, 0) is 17.3 Å². The maximum Gasteiger partial charge on any atom is 0.293 e. The third kappa shape index (κ3) is 2.78. The first kappa shape index (κ1) is 12.8. The van der Waals surface area contributed by atoms with Crippen molar-refractivity contribution in [1.82, 2.24) is 14.8 Å². The van der Waals surface area contributed by atoms with Crippen LogP contribution in [0.2, 0.25) is 0 Å². The molecule has 0 radical (unpaired) electrons. The lowest BCUT2D eigenvalue weighted by Gasteiger charge is -2.05. The number of benzene rings is 1. The van der Waals surface area contributed by atoms with Crippen molar-refractivity contribution in [3.8, 4) is 0 Å². The highest BCUT2D eigenvalue weighted by atomic mass is 32.1. The quantitative estimate of drug-likeness (QED) is 0.413. The van der Waals surface area contributed by atoms with Gasteiger partial charge in [0.1, 0.15) is 5.69 Å². The van der Waals surface area contributed by atoms with Gasteiger partial charge in [0.05, 0.1) is 4.92 Å². The molecule has 98 valence electrons. The Morgan fingerprint density at radius 1 is 1.47 bits per heavy atom. The highest BCUT2D eigenvalue weighted by Gasteiger charge is 2.16. The molecule has 19 heavy (non-hydrogen) atoms. The molecule has 2 rings (SSSR count). The summed E-state index contributed by atoms with van der Waals surface area (Å²) in [5.74, 6) is 4.68. The van der Waals surface area contributed by atoms with Crippen LogP contribution in [-0.4, -0.2) is 25.6 Å². The van der Waals surface area contributed by atoms with Crippen molar-refractivity contribution in [3.63, 3.8) is 0 Å². The van der Waals surface area contributed by atoms with Crippen LogP contribution >= 0.6 is 11.5 Å². The van der Waals surface area contributed by atoms with Crippen molar-refractivity contribution in [3.05, 3.63) is 33.9 Å². The SMILES string of the molecule is NNc1cc(C(=O)Nc2nnns2)ccc1[N+](=O)[O-]. The predicted molar refractivity (Wildman–Crippen MR) is 66.6 cm³/mol. The minimum absolute atomic E-state index is 0.0352. The van der Waals surface area contributed by atoms with Crippen LogP contribution in [0.25, 0.3) is 0 Å². The number of carbonyl (C=O) groups is 1. The van der Waals surface area contributed by atoms with Crippen LogP contribution in [-0.2, 0) is 0 Å². The van der Waals surface area contributed by atoms with Crippen molar-refractivity contribution in [2.45, 2.75) is 0 Å². The molecule has 0 atom stereocenters. The summed E-state index contributed by atoms with van der Waals surface area (Å²) in [6.07, 6.45) is 0. The molecule has 0 aliphatic carbocycles. The Labute approximate surface area is 109 Å². The van der Waals surface area contributed by atoms with Crippen LogP contribution in [0, 0.1) is 10.1 Å². The number of nitrogen functional groups attached to an aromatic ring is 1. The van der Waals surface area contributed by atoms with Crippen LogP contribution in [0.4, 0.5) is 16.5 Å². The summed E-state index contributed by atoms with van der Waals surface area (Å²) in [5.41, 5.74) is 2.17. The molecular weight excluding hydrogens is 274 g/mol. The van der Waals surface area contributed by atoms with Crippen molar-refractivity contribution in [1.29, 1.82) is 0 Å². The number of nitrogens with zero attached hydrogens (tertiary/aromatic N) is 4. The van der Waals surface area contributed by atoms with Gasteiger partial charge in [-0.15, -0.1) is 0 Å². The number of hydrogen-bond acceptors (Lipinski definition) is 9. The number of carbonyl (C=O) groups excluding carboxylic acids is 1. The van der Waals surface area contributed by atoms with E-state index >= 15 is 0 Å². The summed E-state index contributed by atoms with van der Waals surface area (Å²) in [5, 5.41) is 20.2. The van der Waals surface area contributed by atoms with Crippen molar-refractivity contribution >= 4 is 33.9 Å². The monoisotopic (exact) mass is 281 g/mol. The summed E-state index contributed by atoms with van der Waals surface area (Å²) >= 11 is 0.911. The first-order valence-corrected chi connectivity index (χ1v) is 5.60. The van der Waals surface area contributed by atoms with Crippen LogP contribution in [0.15, 0.2) is 18.2 Å². The molecule has 0 unspecified atom stereocenters. The topological polar surface area (TPSA) is 149 Å². The maximum absolute atomic E-state index is 11.8. The summed E-state index contributed by atoms with van der Waals surface area (Å²) < 4.78 is 3.48. The van der Waals surface area contributed by atoms with E-state index in [2.05, 4.69) is 25.5 Å². The van der Waals surface area contributed by atoms with E-state index in [1.807, 2.05) is 0 Å². The minimum atomic E-state index is -0.606. The predicted octanol–water partition coefficient (Wildman–Crippen LogP) is 0.379. The number of nitrogens with two attached hydrogens (primary N) is 1. The molecule has 1 aromatic heterocycles. The molecule has 2 aromatic rings. The zero-order valence-electron chi connectivity index (χ0n) is 9.23. The Hall–Kier alpha value is -2.66. The van der Waals surface area contributed by atoms with Crippen LogP contribution in [0.1, 0.15) is 10.4 Å². The van der Waals surface area contributed by atoms with Crippen molar-refractivity contribution in [2.24, 2.45) is 5.84 Å². The Bertz CT molecular complexity index is 615. The first-order valence-electron chi connectivity index (χ1n) is 4.83. The fraction of sp³-hybridized carbons (Fsp3) is 0. The van der Waals surface area contributed by atoms with Gasteiger partial charge in [-0.25, -0.2) is 0 Å². The largest absolute Gasteiger partial charge is 0.318 e. The Morgan fingerprint density at radius 3 is 2.84 bits per heavy atom. The molecule has 1 amide bonds. The molecule has 1 aromatic carbocycles. The molecule has 0 bridgehead atoms. The average Bonchev–Trinajstić information content (AvgIpc) is 2.90. The van der Waals surface area contributed by atoms with Gasteiger partial charge in [0, 0.05) is 23.2 Å². The zero-order chi connectivity index (χ0) is 13.8. The number of hydrogen-bond donors (Lipinski definition) is 3. The Morgan fingerprint density at radius 2 is 2.26 bits per heavy atom. The lowest BCUT2D eigenvalue weighted by Crippen LogP contribution is -2.14. The van der Waals surface area contributed by atoms with Gasteiger partial charge >= 0.3 is 0 Å². The molecule has 0 spiro atoms. The van der Waals surface area contributed by atoms with Crippen molar-refractivity contribution in [2.75, 3.05) is 10.7 Å². The number of amides is 1. The van der Waals surface area contributed by atoms with Crippen LogP contribution in [0.5, 0.6) is 0 Å². The second kappa shape index (κ2) is 5.32. The normalized spacial score (nSPS) is 9.95. The summed E-state index contributed by atoms with van der Waals surface area (Å²) in [6, 6.07) is 3.76. The summed E-state index contributed by atoms with van der Waals surface area (Å²) in [7, 11) is 0. The second-order valence-corrected chi connectivity index (χ2v) is 3.99. The third-order valence-electron chi connectivity index (χ3n) is 2.13. The summed E-state index contributed by atoms with van der Waals surface area (Å²) in [6.45, 7) is 0. The molecule has 0 aliphatic rings. The van der Waals surface area contributed by atoms with E-state index < -0.39 is 10.8 Å². The van der Waals surface area contributed by atoms with Crippen LogP contribution < -0.4 is 16.6 Å². The second-order valence-electron chi connectivity index (χ2n) is 3.26. The van der Waals surface area contributed by atoms with E-state index in [1.165, 1.54) is 18.2 Å². The molecule has 0 saturated heterocycles. The third-order valence-corrected chi connectivity index (χ3v) is 2.64. The number of hydrazine groups is 1. The molecule has 10 nitrogen and oxygen atoms in total. The Kier molecular flexibility index (Phi) is 3.58. The molecule has 0 aliphatic heterocycles. The van der Waals surface area contributed by atoms with Gasteiger partial charge < -0.3 is 5.43 Å². The highest BCUT2D eigenvalue weighted by molar-refractivity contribution is 7.09. The van der Waals surface area contributed by atoms with Crippen LogP contribution in [0.3, 0.4) is 0 Å². The molecular formula is C8H7N7O3S. The number of aromatic nitrogens is 3. The highest BCUT2D eigenvalue weighted by Crippen LogP contribution is 2.24. The molecule has 0 fully saturated rings. The average molecular weight is 281 g/mol. The Balaban J connectivity index is 2.25. The van der Waals surface area contributed by atoms with Gasteiger partial charge in [0.25, 0.3) is 11.6 Å². The molecule has 4 N–H and O–H groups in total. The van der Waals surface area contributed by atoms with Gasteiger partial charge in [-0.2, -0.15) is 0 Å². The molecule has 0 saturated carbocycles. The maximum atomic E-state index is 11.8. The number of rotatable bonds is 4. The minimum Gasteiger partial charge on any atom is -0.318 e. The van der Waals surface area contributed by atoms with Gasteiger partial charge in [0.2, 0.25) is 5.13 Å². The first-order chi connectivity index (χ1) is 9.11. The number of nitro benzene ring substituents is 1. The fourth-order valence-electron chi connectivity index (χ4n) is 1.30. The summed E-state index contributed by atoms with van der Waals surface area (Å²) in [4.78, 5) is 21.9. The van der Waals surface area contributed by atoms with E-state index in [-0.39, 0.29) is 22.1 Å². The lowest BCUT2D eigenvalue weighted by atomic mass is 10.1. The fourth-order valence-corrected chi connectivity index (χ4v) is 1.67. The molecule has 1 heterocycles. The zero-order valence-corrected chi connectivity index (χ0v) is 10.0. The van der Waals surface area contributed by atoms with E-state index in [9.17, 15) is 14.9 Å². The number of anilines is 2. The number of nitro groups is 1. The van der Waals surface area contributed by atoms with Gasteiger partial charge in [-0.1, -0.05) is 9.59 Å². The lowest BCUT2D eigenvalue weighted by molar-refractivity contribution is -0.384. The van der Waals surface area contributed by atoms with E-state index in [1.54, 1.807) is 0 Å². The smallest absolute Gasteiger partial charge is 0.293 e. The number of nitrogens with one attached hydrogen (secondary N) is 2. The van der Waals surface area contributed by atoms with Gasteiger partial charge in [0.15, 0.2) is 0 Å². The van der Waals surface area contributed by atoms with E-state index in [4.69, 9.17) is 5.84 Å². The molecule has 11 heteroatoms. The standard InChI is InChI=1S/C8H7N7O3S/c9-11-5-3-4(1-2-6(5)15(17)18)7(16)10-8-12-13-14-19-8/h1-3,11H,9H2,(H,10,12,14,16).